The van der Waals surface area contributed by atoms with Crippen LogP contribution < -0.4 is 20.8 Å². The standard InChI is InChI=1S/C20H23N4O3P/c1-12(28-20-24-23-11-27-20)8-14-9-17(25-2)18(26-3)10-16(14)19(22)13-4-6-15(21)7-5-13/h4-7,9-12,22,28H,8,21H2,1-3H3. The Hall–Kier alpha value is -2.92. The first kappa shape index (κ1) is 19.8. The van der Waals surface area contributed by atoms with Crippen LogP contribution in [-0.4, -0.2) is 35.8 Å². The molecule has 28 heavy (non-hydrogen) atoms. The average molecular weight is 398 g/mol. The first-order valence-electron chi connectivity index (χ1n) is 8.74. The Morgan fingerprint density at radius 2 is 1.86 bits per heavy atom. The summed E-state index contributed by atoms with van der Waals surface area (Å²) < 4.78 is 16.2. The van der Waals surface area contributed by atoms with Crippen molar-refractivity contribution in [3.63, 3.8) is 0 Å². The van der Waals surface area contributed by atoms with Gasteiger partial charge in [-0.2, -0.15) is 0 Å². The molecule has 3 aromatic rings. The van der Waals surface area contributed by atoms with Crippen LogP contribution in [0.4, 0.5) is 5.69 Å². The van der Waals surface area contributed by atoms with Gasteiger partial charge in [-0.3, -0.25) is 5.41 Å². The highest BCUT2D eigenvalue weighted by Crippen LogP contribution is 2.34. The van der Waals surface area contributed by atoms with Gasteiger partial charge in [0.1, 0.15) is 0 Å². The summed E-state index contributed by atoms with van der Waals surface area (Å²) in [4.78, 5) is 0. The van der Waals surface area contributed by atoms with Crippen LogP contribution in [0.15, 0.2) is 47.2 Å². The smallest absolute Gasteiger partial charge is 0.234 e. The van der Waals surface area contributed by atoms with Crippen molar-refractivity contribution in [3.8, 4) is 11.5 Å². The van der Waals surface area contributed by atoms with Gasteiger partial charge in [0.05, 0.1) is 19.9 Å². The van der Waals surface area contributed by atoms with Crippen LogP contribution in [0.2, 0.25) is 0 Å². The number of nitrogen functional groups attached to an aromatic ring is 1. The van der Waals surface area contributed by atoms with Crippen molar-refractivity contribution in [3.05, 3.63) is 59.5 Å². The van der Waals surface area contributed by atoms with Crippen molar-refractivity contribution < 1.29 is 13.9 Å². The second-order valence-corrected chi connectivity index (χ2v) is 8.06. The van der Waals surface area contributed by atoms with E-state index in [1.807, 2.05) is 24.3 Å². The lowest BCUT2D eigenvalue weighted by Crippen LogP contribution is -2.12. The quantitative estimate of drug-likeness (QED) is 0.343. The number of hydrogen-bond acceptors (Lipinski definition) is 7. The van der Waals surface area contributed by atoms with E-state index >= 15 is 0 Å². The molecule has 146 valence electrons. The number of nitrogens with one attached hydrogen (secondary N) is 1. The Labute approximate surface area is 165 Å². The lowest BCUT2D eigenvalue weighted by atomic mass is 9.94. The molecule has 0 fully saturated rings. The van der Waals surface area contributed by atoms with Crippen molar-refractivity contribution in [1.82, 2.24) is 10.2 Å². The van der Waals surface area contributed by atoms with Crippen LogP contribution in [-0.2, 0) is 6.42 Å². The Morgan fingerprint density at radius 1 is 1.18 bits per heavy atom. The van der Waals surface area contributed by atoms with E-state index in [1.165, 1.54) is 6.39 Å². The number of benzene rings is 2. The molecule has 1 aromatic heterocycles. The molecule has 0 amide bonds. The van der Waals surface area contributed by atoms with E-state index in [2.05, 4.69) is 17.1 Å². The molecular formula is C20H23N4O3P. The Kier molecular flexibility index (Phi) is 6.26. The molecule has 0 aliphatic carbocycles. The van der Waals surface area contributed by atoms with Crippen LogP contribution in [0.25, 0.3) is 0 Å². The van der Waals surface area contributed by atoms with Crippen molar-refractivity contribution in [1.29, 1.82) is 5.41 Å². The fourth-order valence-electron chi connectivity index (χ4n) is 2.96. The number of hydrogen-bond donors (Lipinski definition) is 2. The third-order valence-corrected chi connectivity index (χ3v) is 5.50. The highest BCUT2D eigenvalue weighted by molar-refractivity contribution is 7.47. The lowest BCUT2D eigenvalue weighted by molar-refractivity contribution is 0.354. The SMILES string of the molecule is COc1cc(CC(C)Pc2nnco2)c(C(=N)c2ccc(N)cc2)cc1OC. The molecule has 2 unspecified atom stereocenters. The Morgan fingerprint density at radius 3 is 2.46 bits per heavy atom. The Balaban J connectivity index is 1.96. The second kappa shape index (κ2) is 8.85. The van der Waals surface area contributed by atoms with Gasteiger partial charge in [-0.1, -0.05) is 19.1 Å². The summed E-state index contributed by atoms with van der Waals surface area (Å²) in [6.07, 6.45) is 2.07. The van der Waals surface area contributed by atoms with E-state index in [-0.39, 0.29) is 5.66 Å². The van der Waals surface area contributed by atoms with Gasteiger partial charge in [0.2, 0.25) is 12.0 Å². The van der Waals surface area contributed by atoms with E-state index in [1.54, 1.807) is 26.4 Å². The fourth-order valence-corrected chi connectivity index (χ4v) is 3.94. The monoisotopic (exact) mass is 398 g/mol. The number of ether oxygens (including phenoxy) is 2. The molecule has 8 heteroatoms. The molecule has 3 rings (SSSR count). The molecule has 0 bridgehead atoms. The molecule has 0 radical (unpaired) electrons. The molecule has 0 saturated carbocycles. The van der Waals surface area contributed by atoms with Crippen LogP contribution in [0.5, 0.6) is 11.5 Å². The van der Waals surface area contributed by atoms with Gasteiger partial charge >= 0.3 is 0 Å². The second-order valence-electron chi connectivity index (χ2n) is 6.35. The predicted octanol–water partition coefficient (Wildman–Crippen LogP) is 3.02. The van der Waals surface area contributed by atoms with Gasteiger partial charge in [0, 0.05) is 16.8 Å². The zero-order valence-electron chi connectivity index (χ0n) is 16.0. The van der Waals surface area contributed by atoms with Crippen LogP contribution in [0, 0.1) is 5.41 Å². The molecule has 0 aliphatic rings. The minimum absolute atomic E-state index is 0.261. The molecule has 2 aromatic carbocycles. The summed E-state index contributed by atoms with van der Waals surface area (Å²) in [6.45, 7) is 2.12. The van der Waals surface area contributed by atoms with E-state index in [0.29, 0.717) is 37.1 Å². The van der Waals surface area contributed by atoms with E-state index in [0.717, 1.165) is 23.1 Å². The van der Waals surface area contributed by atoms with Gasteiger partial charge < -0.3 is 19.6 Å². The number of nitrogens with two attached hydrogens (primary N) is 1. The fraction of sp³-hybridized carbons (Fsp3) is 0.250. The van der Waals surface area contributed by atoms with E-state index < -0.39 is 0 Å². The molecule has 3 N–H and O–H groups in total. The topological polar surface area (TPSA) is 107 Å². The molecular weight excluding hydrogens is 375 g/mol. The zero-order valence-corrected chi connectivity index (χ0v) is 17.0. The maximum Gasteiger partial charge on any atom is 0.234 e. The number of aromatic nitrogens is 2. The van der Waals surface area contributed by atoms with E-state index in [4.69, 9.17) is 25.0 Å². The van der Waals surface area contributed by atoms with Gasteiger partial charge in [-0.25, -0.2) is 0 Å². The zero-order chi connectivity index (χ0) is 20.1. The lowest BCUT2D eigenvalue weighted by Gasteiger charge is -2.18. The van der Waals surface area contributed by atoms with Gasteiger partial charge in [-0.05, 0) is 50.5 Å². The normalized spacial score (nSPS) is 12.2. The van der Waals surface area contributed by atoms with Gasteiger partial charge in [0.15, 0.2) is 11.5 Å². The van der Waals surface area contributed by atoms with Crippen molar-refractivity contribution in [2.24, 2.45) is 0 Å². The summed E-state index contributed by atoms with van der Waals surface area (Å²) in [5.74, 6) is 1.23. The first-order valence-corrected chi connectivity index (χ1v) is 9.82. The highest BCUT2D eigenvalue weighted by Gasteiger charge is 2.18. The summed E-state index contributed by atoms with van der Waals surface area (Å²) in [6, 6.07) is 11.1. The molecule has 7 nitrogen and oxygen atoms in total. The minimum atomic E-state index is 0.261. The summed E-state index contributed by atoms with van der Waals surface area (Å²) in [5.41, 5.74) is 10.3. The van der Waals surface area contributed by atoms with Gasteiger partial charge in [0.25, 0.3) is 0 Å². The Bertz CT molecular complexity index is 943. The molecule has 0 spiro atoms. The average Bonchev–Trinajstić information content (AvgIpc) is 3.20. The predicted molar refractivity (Wildman–Crippen MR) is 112 cm³/mol. The summed E-state index contributed by atoms with van der Waals surface area (Å²) in [5, 5.41) is 16.4. The summed E-state index contributed by atoms with van der Waals surface area (Å²) >= 11 is 0. The van der Waals surface area contributed by atoms with Crippen LogP contribution >= 0.6 is 8.58 Å². The molecule has 0 aliphatic heterocycles. The third kappa shape index (κ3) is 4.49. The maximum absolute atomic E-state index is 8.75. The number of methoxy groups -OCH3 is 2. The molecule has 1 heterocycles. The third-order valence-electron chi connectivity index (χ3n) is 4.33. The number of rotatable bonds is 8. The van der Waals surface area contributed by atoms with Crippen molar-refractivity contribution >= 4 is 25.6 Å². The molecule has 2 atom stereocenters. The molecule has 0 saturated heterocycles. The first-order chi connectivity index (χ1) is 13.5. The van der Waals surface area contributed by atoms with Gasteiger partial charge in [-0.15, -0.1) is 10.2 Å². The maximum atomic E-state index is 8.75. The van der Waals surface area contributed by atoms with Crippen LogP contribution in [0.1, 0.15) is 23.6 Å². The highest BCUT2D eigenvalue weighted by atomic mass is 31.1. The van der Waals surface area contributed by atoms with E-state index in [9.17, 15) is 0 Å². The summed E-state index contributed by atoms with van der Waals surface area (Å²) in [7, 11) is 3.58. The number of anilines is 1. The van der Waals surface area contributed by atoms with Crippen molar-refractivity contribution in [2.45, 2.75) is 19.0 Å². The van der Waals surface area contributed by atoms with Crippen molar-refractivity contribution in [2.75, 3.05) is 20.0 Å². The largest absolute Gasteiger partial charge is 0.493 e. The van der Waals surface area contributed by atoms with Crippen LogP contribution in [0.3, 0.4) is 0 Å². The number of nitrogens with zero attached hydrogens (tertiary/aromatic N) is 2. The minimum Gasteiger partial charge on any atom is -0.493 e.